The molecular formula is C9H18N2O. The summed E-state index contributed by atoms with van der Waals surface area (Å²) in [4.78, 5) is 13.1. The molecule has 0 aromatic carbocycles. The summed E-state index contributed by atoms with van der Waals surface area (Å²) in [6.07, 6.45) is 1.75. The van der Waals surface area contributed by atoms with Crippen molar-refractivity contribution >= 4 is 5.91 Å². The normalized spacial score (nSPS) is 12.2. The van der Waals surface area contributed by atoms with Gasteiger partial charge in [-0.3, -0.25) is 4.79 Å². The Hall–Kier alpha value is -0.830. The smallest absolute Gasteiger partial charge is 0.239 e. The van der Waals surface area contributed by atoms with Crippen LogP contribution in [-0.4, -0.2) is 37.0 Å². The highest BCUT2D eigenvalue weighted by Crippen LogP contribution is 1.90. The maximum Gasteiger partial charge on any atom is 0.239 e. The minimum atomic E-state index is -0.118. The summed E-state index contributed by atoms with van der Waals surface area (Å²) in [7, 11) is 1.80. The number of carbonyl (C=O) groups is 1. The third-order valence-corrected chi connectivity index (χ3v) is 1.79. The van der Waals surface area contributed by atoms with Gasteiger partial charge in [-0.2, -0.15) is 0 Å². The molecule has 3 heteroatoms. The summed E-state index contributed by atoms with van der Waals surface area (Å²) >= 11 is 0. The average molecular weight is 170 g/mol. The number of amides is 1. The second-order valence-electron chi connectivity index (χ2n) is 2.77. The fraction of sp³-hybridized carbons (Fsp3) is 0.667. The standard InChI is InChI=1S/C9H18N2O/c1-5-7-10-8(3)9(12)11(4)6-2/h5,8,10H,1,6-7H2,2-4H3. The number of nitrogens with one attached hydrogen (secondary N) is 1. The summed E-state index contributed by atoms with van der Waals surface area (Å²) in [5, 5.41) is 3.04. The van der Waals surface area contributed by atoms with Crippen molar-refractivity contribution < 1.29 is 4.79 Å². The Morgan fingerprint density at radius 3 is 2.75 bits per heavy atom. The Kier molecular flexibility index (Phi) is 5.37. The van der Waals surface area contributed by atoms with Crippen LogP contribution in [0, 0.1) is 0 Å². The zero-order chi connectivity index (χ0) is 9.56. The van der Waals surface area contributed by atoms with Gasteiger partial charge >= 0.3 is 0 Å². The minimum absolute atomic E-state index is 0.118. The van der Waals surface area contributed by atoms with E-state index in [4.69, 9.17) is 0 Å². The molecule has 12 heavy (non-hydrogen) atoms. The van der Waals surface area contributed by atoms with Crippen LogP contribution in [0.2, 0.25) is 0 Å². The van der Waals surface area contributed by atoms with E-state index in [1.807, 2.05) is 13.8 Å². The number of carbonyl (C=O) groups excluding carboxylic acids is 1. The highest BCUT2D eigenvalue weighted by atomic mass is 16.2. The molecule has 1 atom stereocenters. The van der Waals surface area contributed by atoms with Gasteiger partial charge in [0.2, 0.25) is 5.91 Å². The van der Waals surface area contributed by atoms with Gasteiger partial charge in [-0.05, 0) is 13.8 Å². The predicted octanol–water partition coefficient (Wildman–Crippen LogP) is 0.629. The Morgan fingerprint density at radius 1 is 1.75 bits per heavy atom. The van der Waals surface area contributed by atoms with Crippen LogP contribution < -0.4 is 5.32 Å². The highest BCUT2D eigenvalue weighted by molar-refractivity contribution is 5.81. The van der Waals surface area contributed by atoms with Crippen LogP contribution in [0.3, 0.4) is 0 Å². The molecule has 3 nitrogen and oxygen atoms in total. The van der Waals surface area contributed by atoms with Crippen LogP contribution in [0.15, 0.2) is 12.7 Å². The lowest BCUT2D eigenvalue weighted by molar-refractivity contribution is -0.131. The molecule has 70 valence electrons. The Bertz CT molecular complexity index is 157. The first kappa shape index (κ1) is 11.2. The van der Waals surface area contributed by atoms with Crippen molar-refractivity contribution in [1.29, 1.82) is 0 Å². The molecule has 0 spiro atoms. The number of hydrogen-bond acceptors (Lipinski definition) is 2. The summed E-state index contributed by atoms with van der Waals surface area (Å²) in [6, 6.07) is -0.118. The van der Waals surface area contributed by atoms with Gasteiger partial charge in [0.15, 0.2) is 0 Å². The summed E-state index contributed by atoms with van der Waals surface area (Å²) in [6.45, 7) is 8.81. The third-order valence-electron chi connectivity index (χ3n) is 1.79. The second-order valence-corrected chi connectivity index (χ2v) is 2.77. The number of nitrogens with zero attached hydrogens (tertiary/aromatic N) is 1. The van der Waals surface area contributed by atoms with Gasteiger partial charge in [0.05, 0.1) is 6.04 Å². The van der Waals surface area contributed by atoms with Crippen molar-refractivity contribution in [1.82, 2.24) is 10.2 Å². The monoisotopic (exact) mass is 170 g/mol. The molecule has 0 saturated carbocycles. The Morgan fingerprint density at radius 2 is 2.33 bits per heavy atom. The molecule has 1 amide bonds. The average Bonchev–Trinajstić information content (AvgIpc) is 2.11. The van der Waals surface area contributed by atoms with E-state index in [0.29, 0.717) is 6.54 Å². The molecule has 1 unspecified atom stereocenters. The van der Waals surface area contributed by atoms with Crippen molar-refractivity contribution in [2.24, 2.45) is 0 Å². The fourth-order valence-electron chi connectivity index (χ4n) is 0.834. The molecule has 0 aromatic heterocycles. The molecule has 0 aliphatic rings. The highest BCUT2D eigenvalue weighted by Gasteiger charge is 2.14. The first-order valence-electron chi connectivity index (χ1n) is 4.22. The van der Waals surface area contributed by atoms with E-state index in [0.717, 1.165) is 6.54 Å². The summed E-state index contributed by atoms with van der Waals surface area (Å²) in [5.74, 6) is 0.124. The van der Waals surface area contributed by atoms with Gasteiger partial charge in [0, 0.05) is 20.1 Å². The molecule has 1 N–H and O–H groups in total. The zero-order valence-corrected chi connectivity index (χ0v) is 8.13. The summed E-state index contributed by atoms with van der Waals surface area (Å²) < 4.78 is 0. The van der Waals surface area contributed by atoms with Gasteiger partial charge in [-0.1, -0.05) is 6.08 Å². The lowest BCUT2D eigenvalue weighted by Gasteiger charge is -2.19. The SMILES string of the molecule is C=CCNC(C)C(=O)N(C)CC. The lowest BCUT2D eigenvalue weighted by atomic mass is 10.3. The number of likely N-dealkylation sites (N-methyl/N-ethyl adjacent to an activating group) is 1. The number of hydrogen-bond donors (Lipinski definition) is 1. The Balaban J connectivity index is 3.83. The molecule has 0 aliphatic carbocycles. The van der Waals surface area contributed by atoms with Gasteiger partial charge in [0.1, 0.15) is 0 Å². The van der Waals surface area contributed by atoms with Crippen LogP contribution in [0.4, 0.5) is 0 Å². The van der Waals surface area contributed by atoms with Gasteiger partial charge in [0.25, 0.3) is 0 Å². The molecule has 0 radical (unpaired) electrons. The van der Waals surface area contributed by atoms with Crippen molar-refractivity contribution in [3.8, 4) is 0 Å². The fourth-order valence-corrected chi connectivity index (χ4v) is 0.834. The lowest BCUT2D eigenvalue weighted by Crippen LogP contribution is -2.43. The van der Waals surface area contributed by atoms with Crippen molar-refractivity contribution in [3.63, 3.8) is 0 Å². The topological polar surface area (TPSA) is 32.3 Å². The molecule has 0 heterocycles. The van der Waals surface area contributed by atoms with Crippen LogP contribution in [0.1, 0.15) is 13.8 Å². The van der Waals surface area contributed by atoms with E-state index < -0.39 is 0 Å². The van der Waals surface area contributed by atoms with Crippen molar-refractivity contribution in [3.05, 3.63) is 12.7 Å². The third kappa shape index (κ3) is 3.53. The van der Waals surface area contributed by atoms with E-state index in [1.54, 1.807) is 18.0 Å². The van der Waals surface area contributed by atoms with E-state index >= 15 is 0 Å². The van der Waals surface area contributed by atoms with Crippen LogP contribution in [0.25, 0.3) is 0 Å². The molecule has 0 bridgehead atoms. The molecule has 0 saturated heterocycles. The molecule has 0 fully saturated rings. The molecular weight excluding hydrogens is 152 g/mol. The van der Waals surface area contributed by atoms with E-state index in [-0.39, 0.29) is 11.9 Å². The van der Waals surface area contributed by atoms with Crippen molar-refractivity contribution in [2.45, 2.75) is 19.9 Å². The van der Waals surface area contributed by atoms with Crippen LogP contribution in [-0.2, 0) is 4.79 Å². The molecule has 0 rings (SSSR count). The summed E-state index contributed by atoms with van der Waals surface area (Å²) in [5.41, 5.74) is 0. The van der Waals surface area contributed by atoms with E-state index in [1.165, 1.54) is 0 Å². The largest absolute Gasteiger partial charge is 0.345 e. The van der Waals surface area contributed by atoms with Crippen molar-refractivity contribution in [2.75, 3.05) is 20.1 Å². The van der Waals surface area contributed by atoms with Crippen LogP contribution >= 0.6 is 0 Å². The maximum atomic E-state index is 11.4. The van der Waals surface area contributed by atoms with Gasteiger partial charge < -0.3 is 10.2 Å². The molecule has 0 aliphatic heterocycles. The number of rotatable bonds is 5. The Labute approximate surface area is 74.4 Å². The minimum Gasteiger partial charge on any atom is -0.345 e. The second kappa shape index (κ2) is 5.77. The first-order chi connectivity index (χ1) is 5.63. The van der Waals surface area contributed by atoms with E-state index in [2.05, 4.69) is 11.9 Å². The maximum absolute atomic E-state index is 11.4. The predicted molar refractivity (Wildman–Crippen MR) is 51.0 cm³/mol. The quantitative estimate of drug-likeness (QED) is 0.614. The van der Waals surface area contributed by atoms with Gasteiger partial charge in [-0.15, -0.1) is 6.58 Å². The molecule has 0 aromatic rings. The first-order valence-corrected chi connectivity index (χ1v) is 4.22. The van der Waals surface area contributed by atoms with Gasteiger partial charge in [-0.25, -0.2) is 0 Å². The zero-order valence-electron chi connectivity index (χ0n) is 8.13. The van der Waals surface area contributed by atoms with E-state index in [9.17, 15) is 4.79 Å². The van der Waals surface area contributed by atoms with Crippen LogP contribution in [0.5, 0.6) is 0 Å².